The number of carbonyl (C=O) groups is 2. The molecule has 2 N–H and O–H groups in total. The minimum Gasteiger partial charge on any atom is -0.505 e. The van der Waals surface area contributed by atoms with Crippen LogP contribution in [0.15, 0.2) is 24.3 Å². The van der Waals surface area contributed by atoms with Crippen molar-refractivity contribution in [2.75, 3.05) is 6.61 Å². The molecule has 2 aromatic rings. The summed E-state index contributed by atoms with van der Waals surface area (Å²) in [6.07, 6.45) is 0. The van der Waals surface area contributed by atoms with Crippen molar-refractivity contribution < 1.29 is 24.5 Å². The number of carboxylic acid groups (broad SMARTS) is 1. The van der Waals surface area contributed by atoms with E-state index in [1.165, 1.54) is 24.3 Å². The van der Waals surface area contributed by atoms with Gasteiger partial charge in [-0.2, -0.15) is 0 Å². The van der Waals surface area contributed by atoms with Crippen molar-refractivity contribution in [1.82, 2.24) is 0 Å². The first-order chi connectivity index (χ1) is 9.45. The van der Waals surface area contributed by atoms with Gasteiger partial charge in [0.05, 0.1) is 17.2 Å². The quantitative estimate of drug-likeness (QED) is 0.850. The Morgan fingerprint density at radius 2 is 2.00 bits per heavy atom. The summed E-state index contributed by atoms with van der Waals surface area (Å²) in [5, 5.41) is 19.8. The second-order valence-corrected chi connectivity index (χ2v) is 4.43. The zero-order valence-corrected chi connectivity index (χ0v) is 11.3. The lowest BCUT2D eigenvalue weighted by molar-refractivity contribution is 0.0523. The molecule has 2 rings (SSSR count). The fourth-order valence-electron chi connectivity index (χ4n) is 1.85. The first-order valence-corrected chi connectivity index (χ1v) is 6.19. The van der Waals surface area contributed by atoms with Crippen LogP contribution >= 0.6 is 11.6 Å². The van der Waals surface area contributed by atoms with Gasteiger partial charge in [-0.3, -0.25) is 0 Å². The Balaban J connectivity index is 2.69. The number of hydrogen-bond acceptors (Lipinski definition) is 4. The van der Waals surface area contributed by atoms with E-state index in [4.69, 9.17) is 21.4 Å². The molecule has 0 aromatic heterocycles. The number of carboxylic acids is 1. The summed E-state index contributed by atoms with van der Waals surface area (Å²) in [5.41, 5.74) is -0.0269. The first kappa shape index (κ1) is 14.1. The Labute approximate surface area is 119 Å². The van der Waals surface area contributed by atoms with E-state index in [0.717, 1.165) is 0 Å². The number of hydrogen-bond donors (Lipinski definition) is 2. The lowest BCUT2D eigenvalue weighted by Crippen LogP contribution is -2.05. The van der Waals surface area contributed by atoms with E-state index in [9.17, 15) is 14.7 Å². The van der Waals surface area contributed by atoms with Crippen LogP contribution in [0.1, 0.15) is 27.6 Å². The highest BCUT2D eigenvalue weighted by Crippen LogP contribution is 2.36. The molecule has 0 radical (unpaired) electrons. The van der Waals surface area contributed by atoms with Gasteiger partial charge in [-0.15, -0.1) is 0 Å². The van der Waals surface area contributed by atoms with Crippen molar-refractivity contribution in [2.24, 2.45) is 0 Å². The Morgan fingerprint density at radius 1 is 1.30 bits per heavy atom. The molecule has 2 aromatic carbocycles. The van der Waals surface area contributed by atoms with Crippen LogP contribution in [0.5, 0.6) is 5.75 Å². The van der Waals surface area contributed by atoms with Gasteiger partial charge in [0.25, 0.3) is 0 Å². The van der Waals surface area contributed by atoms with Gasteiger partial charge in [-0.1, -0.05) is 17.7 Å². The molecular formula is C14H11ClO5. The summed E-state index contributed by atoms with van der Waals surface area (Å²) in [5.74, 6) is -2.18. The number of aromatic carboxylic acids is 1. The average Bonchev–Trinajstić information content (AvgIpc) is 2.42. The van der Waals surface area contributed by atoms with Crippen LogP contribution in [0.4, 0.5) is 0 Å². The van der Waals surface area contributed by atoms with Crippen molar-refractivity contribution in [3.8, 4) is 5.75 Å². The zero-order chi connectivity index (χ0) is 14.9. The monoisotopic (exact) mass is 294 g/mol. The predicted molar refractivity (Wildman–Crippen MR) is 73.5 cm³/mol. The molecule has 0 unspecified atom stereocenters. The molecule has 0 amide bonds. The van der Waals surface area contributed by atoms with Gasteiger partial charge in [0, 0.05) is 5.39 Å². The number of phenols is 1. The maximum atomic E-state index is 11.7. The number of fused-ring (bicyclic) bond motifs is 1. The molecule has 0 fully saturated rings. The SMILES string of the molecule is CCOC(=O)c1cc2cc(C(=O)O)ccc2c(Cl)c1O. The number of halogens is 1. The number of ether oxygens (including phenoxy) is 1. The van der Waals surface area contributed by atoms with E-state index in [2.05, 4.69) is 0 Å². The van der Waals surface area contributed by atoms with E-state index in [0.29, 0.717) is 10.8 Å². The molecule has 0 aliphatic heterocycles. The normalized spacial score (nSPS) is 10.5. The van der Waals surface area contributed by atoms with Crippen LogP contribution in [0.2, 0.25) is 5.02 Å². The number of phenolic OH excluding ortho intramolecular Hbond substituents is 1. The van der Waals surface area contributed by atoms with Crippen LogP contribution in [-0.2, 0) is 4.74 Å². The van der Waals surface area contributed by atoms with Crippen molar-refractivity contribution in [3.63, 3.8) is 0 Å². The third kappa shape index (κ3) is 2.40. The number of carbonyl (C=O) groups excluding carboxylic acids is 1. The summed E-state index contributed by atoms with van der Waals surface area (Å²) in [7, 11) is 0. The molecule has 0 bridgehead atoms. The van der Waals surface area contributed by atoms with Crippen molar-refractivity contribution >= 4 is 34.3 Å². The highest BCUT2D eigenvalue weighted by molar-refractivity contribution is 6.37. The van der Waals surface area contributed by atoms with Crippen LogP contribution < -0.4 is 0 Å². The van der Waals surface area contributed by atoms with E-state index >= 15 is 0 Å². The lowest BCUT2D eigenvalue weighted by atomic mass is 10.0. The van der Waals surface area contributed by atoms with Gasteiger partial charge in [-0.25, -0.2) is 9.59 Å². The average molecular weight is 295 g/mol. The van der Waals surface area contributed by atoms with Crippen LogP contribution in [0.25, 0.3) is 10.8 Å². The Hall–Kier alpha value is -2.27. The summed E-state index contributed by atoms with van der Waals surface area (Å²) >= 11 is 6.00. The molecule has 0 saturated carbocycles. The predicted octanol–water partition coefficient (Wildman–Crippen LogP) is 3.07. The Morgan fingerprint density at radius 3 is 2.60 bits per heavy atom. The number of aromatic hydroxyl groups is 1. The van der Waals surface area contributed by atoms with Gasteiger partial charge in [0.2, 0.25) is 0 Å². The molecule has 5 nitrogen and oxygen atoms in total. The molecular weight excluding hydrogens is 284 g/mol. The molecule has 0 spiro atoms. The number of esters is 1. The second kappa shape index (κ2) is 5.38. The van der Waals surface area contributed by atoms with Crippen LogP contribution in [0, 0.1) is 0 Å². The van der Waals surface area contributed by atoms with Gasteiger partial charge in [-0.05, 0) is 30.5 Å². The van der Waals surface area contributed by atoms with Gasteiger partial charge in [0.1, 0.15) is 11.3 Å². The van der Waals surface area contributed by atoms with E-state index in [1.54, 1.807) is 6.92 Å². The fourth-order valence-corrected chi connectivity index (χ4v) is 2.12. The third-order valence-electron chi connectivity index (χ3n) is 2.79. The van der Waals surface area contributed by atoms with Crippen LogP contribution in [0.3, 0.4) is 0 Å². The number of rotatable bonds is 3. The van der Waals surface area contributed by atoms with E-state index in [-0.39, 0.29) is 28.5 Å². The fraction of sp³-hybridized carbons (Fsp3) is 0.143. The topological polar surface area (TPSA) is 83.8 Å². The molecule has 0 atom stereocenters. The van der Waals surface area contributed by atoms with Crippen molar-refractivity contribution in [2.45, 2.75) is 6.92 Å². The standard InChI is InChI=1S/C14H11ClO5/c1-2-20-14(19)10-6-8-5-7(13(17)18)3-4-9(8)11(15)12(10)16/h3-6,16H,2H2,1H3,(H,17,18). The Kier molecular flexibility index (Phi) is 3.81. The maximum Gasteiger partial charge on any atom is 0.341 e. The van der Waals surface area contributed by atoms with E-state index < -0.39 is 11.9 Å². The summed E-state index contributed by atoms with van der Waals surface area (Å²) in [4.78, 5) is 22.7. The first-order valence-electron chi connectivity index (χ1n) is 5.81. The third-order valence-corrected chi connectivity index (χ3v) is 3.18. The minimum atomic E-state index is -1.09. The molecule has 6 heteroatoms. The van der Waals surface area contributed by atoms with Gasteiger partial charge >= 0.3 is 11.9 Å². The summed E-state index contributed by atoms with van der Waals surface area (Å²) < 4.78 is 4.82. The molecule has 0 saturated heterocycles. The smallest absolute Gasteiger partial charge is 0.341 e. The molecule has 0 aliphatic carbocycles. The second-order valence-electron chi connectivity index (χ2n) is 4.05. The molecule has 0 aliphatic rings. The zero-order valence-electron chi connectivity index (χ0n) is 10.5. The van der Waals surface area contributed by atoms with E-state index in [1.807, 2.05) is 0 Å². The van der Waals surface area contributed by atoms with Crippen LogP contribution in [-0.4, -0.2) is 28.8 Å². The minimum absolute atomic E-state index is 0.0116. The highest BCUT2D eigenvalue weighted by Gasteiger charge is 2.18. The molecule has 104 valence electrons. The van der Waals surface area contributed by atoms with Gasteiger partial charge < -0.3 is 14.9 Å². The summed E-state index contributed by atoms with van der Waals surface area (Å²) in [6, 6.07) is 5.60. The number of benzene rings is 2. The maximum absolute atomic E-state index is 11.7. The van der Waals surface area contributed by atoms with Crippen molar-refractivity contribution in [3.05, 3.63) is 40.4 Å². The highest BCUT2D eigenvalue weighted by atomic mass is 35.5. The Bertz CT molecular complexity index is 708. The molecule has 20 heavy (non-hydrogen) atoms. The van der Waals surface area contributed by atoms with Gasteiger partial charge in [0.15, 0.2) is 0 Å². The summed E-state index contributed by atoms with van der Waals surface area (Å²) in [6.45, 7) is 1.79. The molecule has 0 heterocycles. The largest absolute Gasteiger partial charge is 0.505 e. The van der Waals surface area contributed by atoms with Crippen molar-refractivity contribution in [1.29, 1.82) is 0 Å². The lowest BCUT2D eigenvalue weighted by Gasteiger charge is -2.09.